The summed E-state index contributed by atoms with van der Waals surface area (Å²) >= 11 is 5.96. The Morgan fingerprint density at radius 2 is 1.91 bits per heavy atom. The molecule has 112 valence electrons. The minimum absolute atomic E-state index is 0.0628. The number of non-ortho nitro benzene ring substituents is 1. The minimum atomic E-state index is -0.548. The Bertz CT molecular complexity index is 774. The molecule has 0 atom stereocenters. The molecule has 2 aromatic rings. The Morgan fingerprint density at radius 3 is 2.64 bits per heavy atom. The maximum absolute atomic E-state index is 12.3. The molecule has 0 bridgehead atoms. The molecular formula is C16H13ClN2O3. The summed E-state index contributed by atoms with van der Waals surface area (Å²) in [5.41, 5.74) is 3.37. The van der Waals surface area contributed by atoms with E-state index >= 15 is 0 Å². The van der Waals surface area contributed by atoms with Gasteiger partial charge >= 0.3 is 0 Å². The van der Waals surface area contributed by atoms with Crippen LogP contribution in [0.15, 0.2) is 36.4 Å². The third-order valence-corrected chi connectivity index (χ3v) is 4.08. The quantitative estimate of drug-likeness (QED) is 0.687. The highest BCUT2D eigenvalue weighted by Crippen LogP contribution is 2.26. The molecule has 0 saturated carbocycles. The zero-order valence-corrected chi connectivity index (χ0v) is 12.4. The van der Waals surface area contributed by atoms with Crippen LogP contribution < -0.4 is 5.32 Å². The van der Waals surface area contributed by atoms with Crippen molar-refractivity contribution >= 4 is 28.9 Å². The third kappa shape index (κ3) is 2.80. The lowest BCUT2D eigenvalue weighted by Crippen LogP contribution is -2.12. The van der Waals surface area contributed by atoms with Crippen LogP contribution in [0.4, 0.5) is 11.4 Å². The van der Waals surface area contributed by atoms with Gasteiger partial charge in [0.1, 0.15) is 0 Å². The molecule has 6 heteroatoms. The number of amides is 1. The monoisotopic (exact) mass is 316 g/mol. The Hall–Kier alpha value is -2.40. The summed E-state index contributed by atoms with van der Waals surface area (Å²) in [6, 6.07) is 9.67. The minimum Gasteiger partial charge on any atom is -0.322 e. The van der Waals surface area contributed by atoms with Gasteiger partial charge in [0.2, 0.25) is 0 Å². The second-order valence-electron chi connectivity index (χ2n) is 5.21. The molecule has 1 aliphatic rings. The number of carbonyl (C=O) groups is 1. The zero-order valence-electron chi connectivity index (χ0n) is 11.6. The standard InChI is InChI=1S/C16H13ClN2O3/c17-15-9-13(19(21)22)6-7-14(15)16(20)18-12-5-4-10-2-1-3-11(10)8-12/h4-9H,1-3H2,(H,18,20). The molecule has 0 radical (unpaired) electrons. The number of carbonyl (C=O) groups excluding carboxylic acids is 1. The fourth-order valence-corrected chi connectivity index (χ4v) is 2.91. The predicted octanol–water partition coefficient (Wildman–Crippen LogP) is 3.99. The number of nitrogens with zero attached hydrogens (tertiary/aromatic N) is 1. The van der Waals surface area contributed by atoms with E-state index in [1.54, 1.807) is 0 Å². The molecule has 3 rings (SSSR count). The third-order valence-electron chi connectivity index (χ3n) is 3.76. The summed E-state index contributed by atoms with van der Waals surface area (Å²) in [6.45, 7) is 0. The van der Waals surface area contributed by atoms with Crippen molar-refractivity contribution in [2.24, 2.45) is 0 Å². The van der Waals surface area contributed by atoms with Crippen LogP contribution in [0, 0.1) is 10.1 Å². The highest BCUT2D eigenvalue weighted by Gasteiger charge is 2.16. The van der Waals surface area contributed by atoms with Crippen molar-refractivity contribution in [3.63, 3.8) is 0 Å². The second kappa shape index (κ2) is 5.77. The molecule has 0 saturated heterocycles. The van der Waals surface area contributed by atoms with E-state index in [1.807, 2.05) is 18.2 Å². The summed E-state index contributed by atoms with van der Waals surface area (Å²) in [6.07, 6.45) is 3.25. The molecular weight excluding hydrogens is 304 g/mol. The van der Waals surface area contributed by atoms with E-state index in [0.29, 0.717) is 5.69 Å². The van der Waals surface area contributed by atoms with Gasteiger partial charge in [0.25, 0.3) is 11.6 Å². The van der Waals surface area contributed by atoms with E-state index in [4.69, 9.17) is 11.6 Å². The fourth-order valence-electron chi connectivity index (χ4n) is 2.65. The summed E-state index contributed by atoms with van der Waals surface area (Å²) in [5, 5.41) is 13.5. The molecule has 0 unspecified atom stereocenters. The van der Waals surface area contributed by atoms with Crippen LogP contribution in [0.2, 0.25) is 5.02 Å². The van der Waals surface area contributed by atoms with Gasteiger partial charge in [0.15, 0.2) is 0 Å². The van der Waals surface area contributed by atoms with Gasteiger partial charge in [-0.15, -0.1) is 0 Å². The Balaban J connectivity index is 1.81. The number of aryl methyl sites for hydroxylation is 2. The van der Waals surface area contributed by atoms with Crippen LogP contribution in [0.1, 0.15) is 27.9 Å². The van der Waals surface area contributed by atoms with Crippen molar-refractivity contribution in [3.8, 4) is 0 Å². The number of nitro benzene ring substituents is 1. The number of halogens is 1. The Morgan fingerprint density at radius 1 is 1.14 bits per heavy atom. The maximum atomic E-state index is 12.3. The SMILES string of the molecule is O=C(Nc1ccc2c(c1)CCC2)c1ccc([N+](=O)[O-])cc1Cl. The van der Waals surface area contributed by atoms with Gasteiger partial charge in [0, 0.05) is 17.8 Å². The van der Waals surface area contributed by atoms with Gasteiger partial charge in [0.05, 0.1) is 15.5 Å². The zero-order chi connectivity index (χ0) is 15.7. The molecule has 5 nitrogen and oxygen atoms in total. The van der Waals surface area contributed by atoms with E-state index < -0.39 is 4.92 Å². The molecule has 0 spiro atoms. The molecule has 1 N–H and O–H groups in total. The maximum Gasteiger partial charge on any atom is 0.270 e. The summed E-state index contributed by atoms with van der Waals surface area (Å²) in [7, 11) is 0. The molecule has 0 aromatic heterocycles. The Labute approximate surface area is 132 Å². The lowest BCUT2D eigenvalue weighted by molar-refractivity contribution is -0.384. The number of nitro groups is 1. The van der Waals surface area contributed by atoms with Crippen LogP contribution in [0.5, 0.6) is 0 Å². The molecule has 1 amide bonds. The van der Waals surface area contributed by atoms with E-state index in [2.05, 4.69) is 5.32 Å². The normalized spacial score (nSPS) is 12.8. The molecule has 0 aliphatic heterocycles. The van der Waals surface area contributed by atoms with E-state index in [0.717, 1.165) is 19.3 Å². The van der Waals surface area contributed by atoms with Crippen molar-refractivity contribution in [2.75, 3.05) is 5.32 Å². The summed E-state index contributed by atoms with van der Waals surface area (Å²) in [4.78, 5) is 22.4. The number of nitrogens with one attached hydrogen (secondary N) is 1. The molecule has 22 heavy (non-hydrogen) atoms. The van der Waals surface area contributed by atoms with Crippen molar-refractivity contribution in [1.82, 2.24) is 0 Å². The number of benzene rings is 2. The first kappa shape index (κ1) is 14.5. The number of anilines is 1. The van der Waals surface area contributed by atoms with Crippen LogP contribution in [-0.4, -0.2) is 10.8 Å². The second-order valence-corrected chi connectivity index (χ2v) is 5.62. The highest BCUT2D eigenvalue weighted by molar-refractivity contribution is 6.34. The van der Waals surface area contributed by atoms with Gasteiger partial charge in [-0.2, -0.15) is 0 Å². The van der Waals surface area contributed by atoms with Crippen molar-refractivity contribution in [2.45, 2.75) is 19.3 Å². The van der Waals surface area contributed by atoms with E-state index in [1.165, 1.54) is 29.3 Å². The molecule has 1 aliphatic carbocycles. The average molecular weight is 317 g/mol. The van der Waals surface area contributed by atoms with Gasteiger partial charge in [-0.3, -0.25) is 14.9 Å². The van der Waals surface area contributed by atoms with Crippen LogP contribution in [-0.2, 0) is 12.8 Å². The molecule has 0 fully saturated rings. The van der Waals surface area contributed by atoms with Gasteiger partial charge < -0.3 is 5.32 Å². The van der Waals surface area contributed by atoms with Crippen molar-refractivity contribution in [1.29, 1.82) is 0 Å². The lowest BCUT2D eigenvalue weighted by atomic mass is 10.1. The first-order valence-corrected chi connectivity index (χ1v) is 7.29. The fraction of sp³-hybridized carbons (Fsp3) is 0.188. The van der Waals surface area contributed by atoms with E-state index in [-0.39, 0.29) is 22.2 Å². The lowest BCUT2D eigenvalue weighted by Gasteiger charge is -2.08. The van der Waals surface area contributed by atoms with Gasteiger partial charge in [-0.1, -0.05) is 17.7 Å². The molecule has 0 heterocycles. The van der Waals surface area contributed by atoms with Crippen LogP contribution in [0.25, 0.3) is 0 Å². The van der Waals surface area contributed by atoms with Gasteiger partial charge in [-0.25, -0.2) is 0 Å². The predicted molar refractivity (Wildman–Crippen MR) is 84.5 cm³/mol. The van der Waals surface area contributed by atoms with Crippen LogP contribution >= 0.6 is 11.6 Å². The largest absolute Gasteiger partial charge is 0.322 e. The topological polar surface area (TPSA) is 72.2 Å². The van der Waals surface area contributed by atoms with E-state index in [9.17, 15) is 14.9 Å². The van der Waals surface area contributed by atoms with Gasteiger partial charge in [-0.05, 0) is 48.6 Å². The number of hydrogen-bond donors (Lipinski definition) is 1. The first-order valence-electron chi connectivity index (χ1n) is 6.92. The van der Waals surface area contributed by atoms with Crippen molar-refractivity contribution in [3.05, 3.63) is 68.2 Å². The molecule has 2 aromatic carbocycles. The summed E-state index contributed by atoms with van der Waals surface area (Å²) < 4.78 is 0. The average Bonchev–Trinajstić information content (AvgIpc) is 2.94. The van der Waals surface area contributed by atoms with Crippen LogP contribution in [0.3, 0.4) is 0 Å². The summed E-state index contributed by atoms with van der Waals surface area (Å²) in [5.74, 6) is -0.377. The number of fused-ring (bicyclic) bond motifs is 1. The Kier molecular flexibility index (Phi) is 3.81. The highest BCUT2D eigenvalue weighted by atomic mass is 35.5. The number of hydrogen-bond acceptors (Lipinski definition) is 3. The van der Waals surface area contributed by atoms with Crippen molar-refractivity contribution < 1.29 is 9.72 Å². The number of rotatable bonds is 3. The smallest absolute Gasteiger partial charge is 0.270 e. The first-order chi connectivity index (χ1) is 10.5.